The zero-order valence-corrected chi connectivity index (χ0v) is 11.4. The number of hydrogen-bond donors (Lipinski definition) is 0. The highest BCUT2D eigenvalue weighted by atomic mass is 35.7. The molecule has 0 N–H and O–H groups in total. The summed E-state index contributed by atoms with van der Waals surface area (Å²) in [6.07, 6.45) is 0. The van der Waals surface area contributed by atoms with Gasteiger partial charge in [0.15, 0.2) is 11.6 Å². The number of aryl methyl sites for hydroxylation is 1. The second kappa shape index (κ2) is 6.92. The van der Waals surface area contributed by atoms with Crippen molar-refractivity contribution in [2.45, 2.75) is 6.92 Å². The fraction of sp³-hybridized carbons (Fsp3) is 0.455. The van der Waals surface area contributed by atoms with Gasteiger partial charge in [-0.15, -0.1) is 0 Å². The molecule has 0 saturated heterocycles. The quantitative estimate of drug-likeness (QED) is 0.571. The molecule has 1 aromatic rings. The monoisotopic (exact) mass is 296 g/mol. The van der Waals surface area contributed by atoms with Gasteiger partial charge in [0.2, 0.25) is 9.05 Å². The van der Waals surface area contributed by atoms with E-state index in [0.717, 1.165) is 0 Å². The van der Waals surface area contributed by atoms with Gasteiger partial charge in [-0.3, -0.25) is 0 Å². The van der Waals surface area contributed by atoms with Crippen LogP contribution in [0.15, 0.2) is 18.2 Å². The molecule has 0 fully saturated rings. The Hall–Kier alpha value is -0.850. The first-order valence-electron chi connectivity index (χ1n) is 5.28. The van der Waals surface area contributed by atoms with E-state index in [0.29, 0.717) is 5.56 Å². The molecule has 7 heteroatoms. The molecule has 0 heterocycles. The highest BCUT2D eigenvalue weighted by Crippen LogP contribution is 2.19. The maximum Gasteiger partial charge on any atom is 0.234 e. The van der Waals surface area contributed by atoms with E-state index in [-0.39, 0.29) is 31.3 Å². The maximum atomic E-state index is 13.5. The summed E-state index contributed by atoms with van der Waals surface area (Å²) < 4.78 is 44.8. The minimum Gasteiger partial charge on any atom is -0.488 e. The van der Waals surface area contributed by atoms with Crippen molar-refractivity contribution in [3.8, 4) is 5.75 Å². The third kappa shape index (κ3) is 5.66. The Balaban J connectivity index is 2.24. The third-order valence-electron chi connectivity index (χ3n) is 2.11. The molecule has 1 aromatic carbocycles. The molecule has 0 saturated carbocycles. The lowest BCUT2D eigenvalue weighted by molar-refractivity contribution is 0.110. The van der Waals surface area contributed by atoms with Crippen molar-refractivity contribution in [2.75, 3.05) is 25.6 Å². The first-order chi connectivity index (χ1) is 8.40. The topological polar surface area (TPSA) is 52.6 Å². The number of halogens is 2. The Morgan fingerprint density at radius 1 is 1.28 bits per heavy atom. The maximum absolute atomic E-state index is 13.5. The fourth-order valence-corrected chi connectivity index (χ4v) is 1.71. The molecule has 18 heavy (non-hydrogen) atoms. The van der Waals surface area contributed by atoms with E-state index in [4.69, 9.17) is 20.2 Å². The Bertz CT molecular complexity index is 490. The van der Waals surface area contributed by atoms with E-state index in [1.165, 1.54) is 6.07 Å². The van der Waals surface area contributed by atoms with Crippen LogP contribution in [-0.4, -0.2) is 34.0 Å². The highest BCUT2D eigenvalue weighted by Gasteiger charge is 2.06. The highest BCUT2D eigenvalue weighted by molar-refractivity contribution is 8.13. The second-order valence-electron chi connectivity index (χ2n) is 3.59. The number of benzene rings is 1. The minimum absolute atomic E-state index is 0.00844. The SMILES string of the molecule is Cc1cccc(OCCOCCS(=O)(=O)Cl)c1F. The Morgan fingerprint density at radius 2 is 2.00 bits per heavy atom. The van der Waals surface area contributed by atoms with Gasteiger partial charge in [0.25, 0.3) is 0 Å². The summed E-state index contributed by atoms with van der Waals surface area (Å²) in [6.45, 7) is 1.94. The zero-order valence-electron chi connectivity index (χ0n) is 9.86. The Labute approximate surface area is 110 Å². The zero-order chi connectivity index (χ0) is 13.6. The molecule has 4 nitrogen and oxygen atoms in total. The van der Waals surface area contributed by atoms with E-state index in [9.17, 15) is 12.8 Å². The van der Waals surface area contributed by atoms with Crippen molar-refractivity contribution in [1.82, 2.24) is 0 Å². The van der Waals surface area contributed by atoms with E-state index in [1.807, 2.05) is 0 Å². The van der Waals surface area contributed by atoms with Crippen molar-refractivity contribution in [1.29, 1.82) is 0 Å². The van der Waals surface area contributed by atoms with Gasteiger partial charge in [0.1, 0.15) is 6.61 Å². The van der Waals surface area contributed by atoms with Crippen LogP contribution in [0, 0.1) is 12.7 Å². The number of rotatable bonds is 7. The summed E-state index contributed by atoms with van der Waals surface area (Å²) in [6, 6.07) is 4.85. The van der Waals surface area contributed by atoms with Crippen molar-refractivity contribution < 1.29 is 22.3 Å². The molecule has 0 radical (unpaired) electrons. The summed E-state index contributed by atoms with van der Waals surface area (Å²) in [4.78, 5) is 0. The summed E-state index contributed by atoms with van der Waals surface area (Å²) in [5.41, 5.74) is 0.502. The van der Waals surface area contributed by atoms with Crippen LogP contribution in [0.5, 0.6) is 5.75 Å². The van der Waals surface area contributed by atoms with Crippen LogP contribution in [0.2, 0.25) is 0 Å². The van der Waals surface area contributed by atoms with Crippen molar-refractivity contribution in [2.24, 2.45) is 0 Å². The van der Waals surface area contributed by atoms with Crippen LogP contribution in [0.1, 0.15) is 5.56 Å². The van der Waals surface area contributed by atoms with Crippen LogP contribution in [0.25, 0.3) is 0 Å². The van der Waals surface area contributed by atoms with Gasteiger partial charge >= 0.3 is 0 Å². The lowest BCUT2D eigenvalue weighted by Gasteiger charge is -2.08. The Kier molecular flexibility index (Phi) is 5.84. The largest absolute Gasteiger partial charge is 0.488 e. The summed E-state index contributed by atoms with van der Waals surface area (Å²) in [5, 5.41) is 0. The smallest absolute Gasteiger partial charge is 0.234 e. The summed E-state index contributed by atoms with van der Waals surface area (Å²) >= 11 is 0. The van der Waals surface area contributed by atoms with E-state index in [1.54, 1.807) is 19.1 Å². The fourth-order valence-electron chi connectivity index (χ4n) is 1.20. The normalized spacial score (nSPS) is 11.5. The minimum atomic E-state index is -3.53. The average molecular weight is 297 g/mol. The van der Waals surface area contributed by atoms with Crippen molar-refractivity contribution >= 4 is 19.7 Å². The van der Waals surface area contributed by atoms with Crippen LogP contribution in [0.4, 0.5) is 4.39 Å². The molecule has 1 rings (SSSR count). The molecular weight excluding hydrogens is 283 g/mol. The summed E-state index contributed by atoms with van der Waals surface area (Å²) in [7, 11) is 1.46. The van der Waals surface area contributed by atoms with Gasteiger partial charge in [-0.05, 0) is 18.6 Å². The van der Waals surface area contributed by atoms with Crippen LogP contribution in [0.3, 0.4) is 0 Å². The van der Waals surface area contributed by atoms with Gasteiger partial charge in [-0.1, -0.05) is 12.1 Å². The Morgan fingerprint density at radius 3 is 2.67 bits per heavy atom. The van der Waals surface area contributed by atoms with Crippen LogP contribution < -0.4 is 4.74 Å². The first kappa shape index (κ1) is 15.2. The number of ether oxygens (including phenoxy) is 2. The lowest BCUT2D eigenvalue weighted by Crippen LogP contribution is -2.12. The van der Waals surface area contributed by atoms with E-state index < -0.39 is 14.9 Å². The third-order valence-corrected chi connectivity index (χ3v) is 3.23. The first-order valence-corrected chi connectivity index (χ1v) is 7.76. The van der Waals surface area contributed by atoms with Crippen molar-refractivity contribution in [3.05, 3.63) is 29.6 Å². The molecule has 0 aliphatic rings. The molecule has 102 valence electrons. The van der Waals surface area contributed by atoms with Crippen LogP contribution >= 0.6 is 10.7 Å². The molecule has 0 aliphatic carbocycles. The predicted molar refractivity (Wildman–Crippen MR) is 67.1 cm³/mol. The number of hydrogen-bond acceptors (Lipinski definition) is 4. The molecule has 0 atom stereocenters. The van der Waals surface area contributed by atoms with Gasteiger partial charge in [-0.2, -0.15) is 0 Å². The van der Waals surface area contributed by atoms with Gasteiger partial charge in [0, 0.05) is 10.7 Å². The standard InChI is InChI=1S/C11H14ClFO4S/c1-9-3-2-4-10(11(9)13)17-6-5-16-7-8-18(12,14)15/h2-4H,5-8H2,1H3. The molecule has 0 aliphatic heterocycles. The molecule has 0 unspecified atom stereocenters. The predicted octanol–water partition coefficient (Wildman–Crippen LogP) is 2.10. The van der Waals surface area contributed by atoms with E-state index in [2.05, 4.69) is 0 Å². The molecule has 0 spiro atoms. The molecular formula is C11H14ClFO4S. The second-order valence-corrected chi connectivity index (χ2v) is 6.49. The molecule has 0 aromatic heterocycles. The lowest BCUT2D eigenvalue weighted by atomic mass is 10.2. The van der Waals surface area contributed by atoms with Crippen molar-refractivity contribution in [3.63, 3.8) is 0 Å². The van der Waals surface area contributed by atoms with E-state index >= 15 is 0 Å². The molecule has 0 bridgehead atoms. The average Bonchev–Trinajstić information content (AvgIpc) is 2.27. The van der Waals surface area contributed by atoms with Gasteiger partial charge in [0.05, 0.1) is 19.0 Å². The molecule has 0 amide bonds. The van der Waals surface area contributed by atoms with Gasteiger partial charge in [-0.25, -0.2) is 12.8 Å². The summed E-state index contributed by atoms with van der Waals surface area (Å²) in [5.74, 6) is -0.503. The van der Waals surface area contributed by atoms with Gasteiger partial charge < -0.3 is 9.47 Å². The van der Waals surface area contributed by atoms with Crippen LogP contribution in [-0.2, 0) is 13.8 Å².